The van der Waals surface area contributed by atoms with Crippen LogP contribution in [0.4, 0.5) is 10.5 Å². The van der Waals surface area contributed by atoms with Crippen LogP contribution in [-0.2, 0) is 11.3 Å². The molecule has 0 spiro atoms. The second-order valence-electron chi connectivity index (χ2n) is 5.57. The van der Waals surface area contributed by atoms with Crippen LogP contribution >= 0.6 is 0 Å². The highest BCUT2D eigenvalue weighted by atomic mass is 16.4. The average molecular weight is 350 g/mol. The van der Waals surface area contributed by atoms with Crippen LogP contribution in [0.5, 0.6) is 0 Å². The van der Waals surface area contributed by atoms with Crippen LogP contribution in [0.2, 0.25) is 0 Å². The fraction of sp³-hybridized carbons (Fsp3) is 0.111. The molecule has 0 bridgehead atoms. The van der Waals surface area contributed by atoms with Gasteiger partial charge in [0.2, 0.25) is 6.17 Å². The van der Waals surface area contributed by atoms with Crippen molar-refractivity contribution >= 4 is 23.6 Å². The molecule has 130 valence electrons. The van der Waals surface area contributed by atoms with Crippen LogP contribution in [0.25, 0.3) is 0 Å². The Balaban J connectivity index is 1.86. The van der Waals surface area contributed by atoms with Crippen molar-refractivity contribution in [3.05, 3.63) is 65.2 Å². The zero-order valence-corrected chi connectivity index (χ0v) is 13.5. The molecular weight excluding hydrogens is 336 g/mol. The Kier molecular flexibility index (Phi) is 4.53. The van der Waals surface area contributed by atoms with Crippen LogP contribution in [0.3, 0.4) is 0 Å². The van der Waals surface area contributed by atoms with E-state index in [0.717, 1.165) is 4.90 Å². The van der Waals surface area contributed by atoms with Crippen LogP contribution in [0.15, 0.2) is 48.5 Å². The topological polar surface area (TPSA) is 123 Å². The van der Waals surface area contributed by atoms with E-state index in [9.17, 15) is 19.5 Å². The van der Waals surface area contributed by atoms with Gasteiger partial charge in [0, 0.05) is 6.54 Å². The molecule has 1 aliphatic heterocycles. The maximum absolute atomic E-state index is 12.6. The van der Waals surface area contributed by atoms with Crippen molar-refractivity contribution in [2.45, 2.75) is 12.7 Å². The van der Waals surface area contributed by atoms with Crippen molar-refractivity contribution in [3.8, 4) is 6.07 Å². The second kappa shape index (κ2) is 6.94. The number of amides is 3. The summed E-state index contributed by atoms with van der Waals surface area (Å²) in [4.78, 5) is 37.2. The first kappa shape index (κ1) is 17.0. The Morgan fingerprint density at radius 3 is 2.73 bits per heavy atom. The van der Waals surface area contributed by atoms with Crippen molar-refractivity contribution in [2.24, 2.45) is 0 Å². The summed E-state index contributed by atoms with van der Waals surface area (Å²) in [6.45, 7) is 0.104. The fourth-order valence-electron chi connectivity index (χ4n) is 2.69. The highest BCUT2D eigenvalue weighted by Crippen LogP contribution is 2.26. The molecule has 1 heterocycles. The largest absolute Gasteiger partial charge is 0.478 e. The van der Waals surface area contributed by atoms with E-state index in [1.54, 1.807) is 36.4 Å². The number of carbonyl (C=O) groups excluding carboxylic acids is 2. The van der Waals surface area contributed by atoms with Gasteiger partial charge in [-0.2, -0.15) is 5.26 Å². The number of aliphatic carboxylic acids is 1. The predicted molar refractivity (Wildman–Crippen MR) is 91.2 cm³/mol. The van der Waals surface area contributed by atoms with Gasteiger partial charge in [-0.3, -0.25) is 9.69 Å². The highest BCUT2D eigenvalue weighted by Gasteiger charge is 2.38. The standard InChI is InChI=1S/C18H14N4O4/c19-9-11-4-3-5-12(8-11)10-20-18(26)22-14-7-2-1-6-13(14)16(23)21-15(22)17(24)25/h1-8,15H,10H2,(H,20,26)(H,21,23)(H,24,25). The van der Waals surface area contributed by atoms with Crippen LogP contribution < -0.4 is 15.5 Å². The number of hydrogen-bond acceptors (Lipinski definition) is 4. The molecule has 0 aromatic heterocycles. The van der Waals surface area contributed by atoms with Gasteiger partial charge in [-0.05, 0) is 29.8 Å². The Labute approximate surface area is 148 Å². The van der Waals surface area contributed by atoms with Crippen LogP contribution in [0, 0.1) is 11.3 Å². The van der Waals surface area contributed by atoms with Gasteiger partial charge in [-0.15, -0.1) is 0 Å². The van der Waals surface area contributed by atoms with Crippen molar-refractivity contribution in [2.75, 3.05) is 4.90 Å². The third-order valence-corrected chi connectivity index (χ3v) is 3.89. The van der Waals surface area contributed by atoms with Gasteiger partial charge in [-0.25, -0.2) is 9.59 Å². The lowest BCUT2D eigenvalue weighted by atomic mass is 10.1. The van der Waals surface area contributed by atoms with E-state index in [2.05, 4.69) is 10.6 Å². The van der Waals surface area contributed by atoms with Crippen molar-refractivity contribution < 1.29 is 19.5 Å². The number of benzene rings is 2. The number of fused-ring (bicyclic) bond motifs is 1. The predicted octanol–water partition coefficient (Wildman–Crippen LogP) is 1.43. The monoisotopic (exact) mass is 350 g/mol. The quantitative estimate of drug-likeness (QED) is 0.773. The third-order valence-electron chi connectivity index (χ3n) is 3.89. The minimum Gasteiger partial charge on any atom is -0.478 e. The van der Waals surface area contributed by atoms with Gasteiger partial charge in [0.1, 0.15) is 0 Å². The number of hydrogen-bond donors (Lipinski definition) is 3. The van der Waals surface area contributed by atoms with Crippen LogP contribution in [0.1, 0.15) is 21.5 Å². The summed E-state index contributed by atoms with van der Waals surface area (Å²) in [6.07, 6.45) is -1.51. The van der Waals surface area contributed by atoms with E-state index in [0.29, 0.717) is 11.1 Å². The molecule has 1 unspecified atom stereocenters. The van der Waals surface area contributed by atoms with Crippen molar-refractivity contribution in [1.82, 2.24) is 10.6 Å². The lowest BCUT2D eigenvalue weighted by molar-refractivity contribution is -0.139. The van der Waals surface area contributed by atoms with Gasteiger partial charge >= 0.3 is 12.0 Å². The summed E-state index contributed by atoms with van der Waals surface area (Å²) in [7, 11) is 0. The first-order valence-electron chi connectivity index (χ1n) is 7.70. The number of rotatable bonds is 3. The number of nitriles is 1. The van der Waals surface area contributed by atoms with E-state index in [-0.39, 0.29) is 17.8 Å². The summed E-state index contributed by atoms with van der Waals surface area (Å²) in [5.74, 6) is -1.91. The molecule has 1 aliphatic rings. The second-order valence-corrected chi connectivity index (χ2v) is 5.57. The van der Waals surface area contributed by atoms with Gasteiger partial charge in [-0.1, -0.05) is 24.3 Å². The third kappa shape index (κ3) is 3.18. The molecule has 2 aromatic rings. The number of nitrogens with zero attached hydrogens (tertiary/aromatic N) is 2. The van der Waals surface area contributed by atoms with E-state index < -0.39 is 24.1 Å². The number of carbonyl (C=O) groups is 3. The Hall–Kier alpha value is -3.86. The number of urea groups is 1. The normalized spacial score (nSPS) is 15.4. The number of carboxylic acid groups (broad SMARTS) is 1. The van der Waals surface area contributed by atoms with Gasteiger partial charge in [0.25, 0.3) is 5.91 Å². The fourth-order valence-corrected chi connectivity index (χ4v) is 2.69. The zero-order valence-electron chi connectivity index (χ0n) is 13.5. The van der Waals surface area contributed by atoms with Gasteiger partial charge in [0.05, 0.1) is 22.9 Å². The van der Waals surface area contributed by atoms with Crippen molar-refractivity contribution in [3.63, 3.8) is 0 Å². The minimum atomic E-state index is -1.51. The van der Waals surface area contributed by atoms with E-state index in [1.165, 1.54) is 12.1 Å². The molecule has 26 heavy (non-hydrogen) atoms. The van der Waals surface area contributed by atoms with E-state index in [4.69, 9.17) is 5.26 Å². The molecule has 3 N–H and O–H groups in total. The van der Waals surface area contributed by atoms with E-state index >= 15 is 0 Å². The van der Waals surface area contributed by atoms with Crippen LogP contribution in [-0.4, -0.2) is 29.2 Å². The molecule has 0 saturated carbocycles. The SMILES string of the molecule is N#Cc1cccc(CNC(=O)N2c3ccccc3C(=O)NC2C(=O)O)c1. The summed E-state index contributed by atoms with van der Waals surface area (Å²) >= 11 is 0. The Morgan fingerprint density at radius 2 is 2.00 bits per heavy atom. The maximum Gasteiger partial charge on any atom is 0.347 e. The van der Waals surface area contributed by atoms with Crippen molar-refractivity contribution in [1.29, 1.82) is 5.26 Å². The molecule has 2 aromatic carbocycles. The lowest BCUT2D eigenvalue weighted by Gasteiger charge is -2.34. The molecule has 0 aliphatic carbocycles. The number of nitrogens with one attached hydrogen (secondary N) is 2. The summed E-state index contributed by atoms with van der Waals surface area (Å²) in [6, 6.07) is 14.3. The van der Waals surface area contributed by atoms with E-state index in [1.807, 2.05) is 6.07 Å². The van der Waals surface area contributed by atoms with Gasteiger partial charge < -0.3 is 15.7 Å². The number of carboxylic acids is 1. The molecule has 3 rings (SSSR count). The molecule has 1 atom stereocenters. The lowest BCUT2D eigenvalue weighted by Crippen LogP contribution is -2.61. The first-order chi connectivity index (χ1) is 12.5. The average Bonchev–Trinajstić information content (AvgIpc) is 2.66. The summed E-state index contributed by atoms with van der Waals surface area (Å²) in [5, 5.41) is 23.2. The Bertz CT molecular complexity index is 935. The van der Waals surface area contributed by atoms with Gasteiger partial charge in [0.15, 0.2) is 0 Å². The summed E-state index contributed by atoms with van der Waals surface area (Å²) < 4.78 is 0. The number of anilines is 1. The molecular formula is C18H14N4O4. The molecule has 0 fully saturated rings. The summed E-state index contributed by atoms with van der Waals surface area (Å²) in [5.41, 5.74) is 1.58. The molecule has 8 heteroatoms. The Morgan fingerprint density at radius 1 is 1.23 bits per heavy atom. The first-order valence-corrected chi connectivity index (χ1v) is 7.70. The minimum absolute atomic E-state index is 0.104. The maximum atomic E-state index is 12.6. The molecule has 3 amide bonds. The number of para-hydroxylation sites is 1. The molecule has 0 radical (unpaired) electrons. The highest BCUT2D eigenvalue weighted by molar-refractivity contribution is 6.11. The smallest absolute Gasteiger partial charge is 0.347 e. The molecule has 8 nitrogen and oxygen atoms in total. The molecule has 0 saturated heterocycles. The zero-order chi connectivity index (χ0) is 18.7.